The van der Waals surface area contributed by atoms with Gasteiger partial charge in [-0.3, -0.25) is 0 Å². The minimum atomic E-state index is -2.99. The van der Waals surface area contributed by atoms with E-state index in [1.54, 1.807) is 0 Å². The van der Waals surface area contributed by atoms with Gasteiger partial charge in [0.2, 0.25) is 0 Å². The van der Waals surface area contributed by atoms with Crippen LogP contribution >= 0.6 is 0 Å². The van der Waals surface area contributed by atoms with Crippen molar-refractivity contribution < 1.29 is 8.42 Å². The van der Waals surface area contributed by atoms with Crippen molar-refractivity contribution in [2.24, 2.45) is 4.99 Å². The van der Waals surface area contributed by atoms with Crippen molar-refractivity contribution in [1.82, 2.24) is 10.6 Å². The first kappa shape index (κ1) is 19.5. The SMILES string of the molecule is CCCCCNC(=NCc1ccc(CS(C)(=O)=O)cc1)NCC. The maximum atomic E-state index is 11.3. The highest BCUT2D eigenvalue weighted by Crippen LogP contribution is 2.08. The number of aliphatic imine (C=N–C) groups is 1. The summed E-state index contributed by atoms with van der Waals surface area (Å²) in [4.78, 5) is 4.56. The molecule has 0 bridgehead atoms. The summed E-state index contributed by atoms with van der Waals surface area (Å²) in [7, 11) is -2.99. The highest BCUT2D eigenvalue weighted by atomic mass is 32.2. The maximum absolute atomic E-state index is 11.3. The Labute approximate surface area is 140 Å². The molecule has 0 saturated carbocycles. The number of sulfone groups is 1. The van der Waals surface area contributed by atoms with Crippen molar-refractivity contribution in [3.8, 4) is 0 Å². The van der Waals surface area contributed by atoms with E-state index in [1.807, 2.05) is 31.2 Å². The smallest absolute Gasteiger partial charge is 0.191 e. The minimum Gasteiger partial charge on any atom is -0.357 e. The highest BCUT2D eigenvalue weighted by Gasteiger charge is 2.04. The van der Waals surface area contributed by atoms with Gasteiger partial charge in [0.25, 0.3) is 0 Å². The molecule has 0 spiro atoms. The molecular weight excluding hydrogens is 310 g/mol. The lowest BCUT2D eigenvalue weighted by atomic mass is 10.1. The zero-order valence-electron chi connectivity index (χ0n) is 14.4. The number of unbranched alkanes of at least 4 members (excludes halogenated alkanes) is 2. The lowest BCUT2D eigenvalue weighted by Crippen LogP contribution is -2.37. The molecule has 5 nitrogen and oxygen atoms in total. The number of nitrogens with zero attached hydrogens (tertiary/aromatic N) is 1. The summed E-state index contributed by atoms with van der Waals surface area (Å²) in [6.07, 6.45) is 4.81. The van der Waals surface area contributed by atoms with Gasteiger partial charge in [0.05, 0.1) is 12.3 Å². The third-order valence-corrected chi connectivity index (χ3v) is 4.15. The second kappa shape index (κ2) is 10.3. The van der Waals surface area contributed by atoms with E-state index in [9.17, 15) is 8.42 Å². The van der Waals surface area contributed by atoms with Crippen LogP contribution in [0.5, 0.6) is 0 Å². The monoisotopic (exact) mass is 339 g/mol. The first-order chi connectivity index (χ1) is 10.9. The van der Waals surface area contributed by atoms with Crippen molar-refractivity contribution in [3.05, 3.63) is 35.4 Å². The molecule has 0 aromatic heterocycles. The molecule has 0 aliphatic carbocycles. The molecule has 0 atom stereocenters. The van der Waals surface area contributed by atoms with Crippen LogP contribution in [0.2, 0.25) is 0 Å². The Kier molecular flexibility index (Phi) is 8.69. The molecule has 1 aromatic carbocycles. The van der Waals surface area contributed by atoms with Gasteiger partial charge < -0.3 is 10.6 Å². The van der Waals surface area contributed by atoms with E-state index >= 15 is 0 Å². The fourth-order valence-electron chi connectivity index (χ4n) is 2.14. The van der Waals surface area contributed by atoms with Gasteiger partial charge in [-0.1, -0.05) is 44.0 Å². The number of hydrogen-bond acceptors (Lipinski definition) is 3. The minimum absolute atomic E-state index is 0.0815. The number of hydrogen-bond donors (Lipinski definition) is 2. The predicted molar refractivity (Wildman–Crippen MR) is 97.3 cm³/mol. The Balaban J connectivity index is 2.57. The van der Waals surface area contributed by atoms with Gasteiger partial charge in [-0.25, -0.2) is 13.4 Å². The summed E-state index contributed by atoms with van der Waals surface area (Å²) in [6, 6.07) is 7.58. The molecule has 0 saturated heterocycles. The lowest BCUT2D eigenvalue weighted by Gasteiger charge is -2.11. The van der Waals surface area contributed by atoms with Gasteiger partial charge in [0, 0.05) is 19.3 Å². The lowest BCUT2D eigenvalue weighted by molar-refractivity contribution is 0.601. The first-order valence-electron chi connectivity index (χ1n) is 8.22. The molecule has 2 N–H and O–H groups in total. The highest BCUT2D eigenvalue weighted by molar-refractivity contribution is 7.89. The zero-order valence-corrected chi connectivity index (χ0v) is 15.2. The van der Waals surface area contributed by atoms with Crippen LogP contribution in [0.4, 0.5) is 0 Å². The van der Waals surface area contributed by atoms with Crippen molar-refractivity contribution in [3.63, 3.8) is 0 Å². The van der Waals surface area contributed by atoms with Crippen LogP contribution in [0.25, 0.3) is 0 Å². The predicted octanol–water partition coefficient (Wildman–Crippen LogP) is 2.48. The third kappa shape index (κ3) is 9.23. The normalized spacial score (nSPS) is 12.2. The summed E-state index contributed by atoms with van der Waals surface area (Å²) < 4.78 is 22.6. The van der Waals surface area contributed by atoms with Crippen LogP contribution in [-0.2, 0) is 22.1 Å². The molecule has 0 heterocycles. The Morgan fingerprint density at radius 1 is 1.04 bits per heavy atom. The molecule has 0 amide bonds. The van der Waals surface area contributed by atoms with Gasteiger partial charge in [0.1, 0.15) is 0 Å². The summed E-state index contributed by atoms with van der Waals surface area (Å²) >= 11 is 0. The quantitative estimate of drug-likeness (QED) is 0.412. The van der Waals surface area contributed by atoms with E-state index in [2.05, 4.69) is 22.5 Å². The molecule has 23 heavy (non-hydrogen) atoms. The van der Waals surface area contributed by atoms with Gasteiger partial charge in [-0.2, -0.15) is 0 Å². The Morgan fingerprint density at radius 2 is 1.70 bits per heavy atom. The second-order valence-corrected chi connectivity index (χ2v) is 7.86. The summed E-state index contributed by atoms with van der Waals surface area (Å²) in [5, 5.41) is 6.56. The van der Waals surface area contributed by atoms with E-state index in [0.29, 0.717) is 6.54 Å². The molecule has 0 radical (unpaired) electrons. The Bertz CT molecular complexity index is 580. The number of guanidine groups is 1. The van der Waals surface area contributed by atoms with E-state index in [1.165, 1.54) is 19.1 Å². The van der Waals surface area contributed by atoms with Gasteiger partial charge in [-0.15, -0.1) is 0 Å². The zero-order chi connectivity index (χ0) is 17.1. The fourth-order valence-corrected chi connectivity index (χ4v) is 2.94. The number of nitrogens with one attached hydrogen (secondary N) is 2. The van der Waals surface area contributed by atoms with Crippen LogP contribution in [0.3, 0.4) is 0 Å². The molecule has 0 fully saturated rings. The maximum Gasteiger partial charge on any atom is 0.191 e. The molecule has 1 aromatic rings. The van der Waals surface area contributed by atoms with Crippen LogP contribution in [0.1, 0.15) is 44.2 Å². The topological polar surface area (TPSA) is 70.6 Å². The van der Waals surface area contributed by atoms with E-state index in [4.69, 9.17) is 0 Å². The van der Waals surface area contributed by atoms with Gasteiger partial charge >= 0.3 is 0 Å². The summed E-state index contributed by atoms with van der Waals surface area (Å²) in [5.74, 6) is 0.904. The van der Waals surface area contributed by atoms with Crippen LogP contribution < -0.4 is 10.6 Å². The van der Waals surface area contributed by atoms with E-state index < -0.39 is 9.84 Å². The van der Waals surface area contributed by atoms with Crippen molar-refractivity contribution >= 4 is 15.8 Å². The number of rotatable bonds is 9. The first-order valence-corrected chi connectivity index (χ1v) is 10.3. The summed E-state index contributed by atoms with van der Waals surface area (Å²) in [5.41, 5.74) is 1.87. The molecule has 1 rings (SSSR count). The fraction of sp³-hybridized carbons (Fsp3) is 0.588. The van der Waals surface area contributed by atoms with Crippen molar-refractivity contribution in [1.29, 1.82) is 0 Å². The van der Waals surface area contributed by atoms with Crippen LogP contribution in [0, 0.1) is 0 Å². The molecule has 0 unspecified atom stereocenters. The van der Waals surface area contributed by atoms with E-state index in [-0.39, 0.29) is 5.75 Å². The van der Waals surface area contributed by atoms with Crippen molar-refractivity contribution in [2.75, 3.05) is 19.3 Å². The average Bonchev–Trinajstić information content (AvgIpc) is 2.49. The molecular formula is C17H29N3O2S. The molecule has 6 heteroatoms. The average molecular weight is 340 g/mol. The Morgan fingerprint density at radius 3 is 2.26 bits per heavy atom. The van der Waals surface area contributed by atoms with Gasteiger partial charge in [-0.05, 0) is 24.5 Å². The Hall–Kier alpha value is -1.56. The standard InChI is InChI=1S/C17H29N3O2S/c1-4-6-7-12-19-17(18-5-2)20-13-15-8-10-16(11-9-15)14-23(3,21)22/h8-11H,4-7,12-14H2,1-3H3,(H2,18,19,20). The van der Waals surface area contributed by atoms with Crippen molar-refractivity contribution in [2.45, 2.75) is 45.4 Å². The largest absolute Gasteiger partial charge is 0.357 e. The molecule has 130 valence electrons. The van der Waals surface area contributed by atoms with Crippen LogP contribution in [0.15, 0.2) is 29.3 Å². The van der Waals surface area contributed by atoms with Gasteiger partial charge in [0.15, 0.2) is 15.8 Å². The summed E-state index contributed by atoms with van der Waals surface area (Å²) in [6.45, 7) is 6.55. The molecule has 0 aliphatic rings. The van der Waals surface area contributed by atoms with E-state index in [0.717, 1.165) is 36.6 Å². The molecule has 0 aliphatic heterocycles. The number of benzene rings is 1. The third-order valence-electron chi connectivity index (χ3n) is 3.29. The van der Waals surface area contributed by atoms with Crippen LogP contribution in [-0.4, -0.2) is 33.7 Å². The second-order valence-electron chi connectivity index (χ2n) is 5.72.